The maximum absolute atomic E-state index is 13.8. The van der Waals surface area contributed by atoms with Gasteiger partial charge in [-0.05, 0) is 48.4 Å². The van der Waals surface area contributed by atoms with E-state index in [-0.39, 0.29) is 18.7 Å². The molecule has 0 fully saturated rings. The van der Waals surface area contributed by atoms with Crippen LogP contribution in [0.1, 0.15) is 44.0 Å². The van der Waals surface area contributed by atoms with E-state index in [9.17, 15) is 9.18 Å². The molecule has 2 aliphatic heterocycles. The third-order valence-electron chi connectivity index (χ3n) is 8.19. The molecule has 0 bridgehead atoms. The summed E-state index contributed by atoms with van der Waals surface area (Å²) in [5.41, 5.74) is 7.76. The highest BCUT2D eigenvalue weighted by Gasteiger charge is 2.34. The van der Waals surface area contributed by atoms with E-state index >= 15 is 0 Å². The van der Waals surface area contributed by atoms with Crippen LogP contribution in [0.15, 0.2) is 65.1 Å². The van der Waals surface area contributed by atoms with E-state index in [2.05, 4.69) is 15.7 Å². The van der Waals surface area contributed by atoms with Gasteiger partial charge in [-0.1, -0.05) is 17.3 Å². The average molecular weight is 686 g/mol. The van der Waals surface area contributed by atoms with Gasteiger partial charge < -0.3 is 33.1 Å². The predicted octanol–water partition coefficient (Wildman–Crippen LogP) is 5.93. The second kappa shape index (κ2) is 13.6. The fraction of sp³-hybridized carbons (Fsp3) is 0.257. The molecule has 3 aromatic heterocycles. The summed E-state index contributed by atoms with van der Waals surface area (Å²) < 4.78 is 44.1. The van der Waals surface area contributed by atoms with Crippen LogP contribution < -0.4 is 24.4 Å². The number of fused-ring (bicyclic) bond motifs is 2. The summed E-state index contributed by atoms with van der Waals surface area (Å²) in [4.78, 5) is 25.5. The molecule has 1 atom stereocenters. The SMILES string of the molecule is COCc1cc(C)nc2sc(C(=O)N/N=C\c3c(C[C@@H]4CC(c5ccc(F)cc5)=NO4)c(OC)c4c(c3OC)OCO4)c(-n3cccc3)c12. The number of carbonyl (C=O) groups is 1. The zero-order valence-corrected chi connectivity index (χ0v) is 27.9. The van der Waals surface area contributed by atoms with Crippen LogP contribution in [0, 0.1) is 12.7 Å². The van der Waals surface area contributed by atoms with E-state index in [0.29, 0.717) is 74.7 Å². The molecular weight excluding hydrogens is 653 g/mol. The number of hydrogen-bond donors (Lipinski definition) is 1. The number of hydrogen-bond acceptors (Lipinski definition) is 11. The highest BCUT2D eigenvalue weighted by Crippen LogP contribution is 2.52. The van der Waals surface area contributed by atoms with E-state index in [1.807, 2.05) is 42.1 Å². The monoisotopic (exact) mass is 685 g/mol. The van der Waals surface area contributed by atoms with Crippen molar-refractivity contribution in [2.75, 3.05) is 28.1 Å². The Bertz CT molecular complexity index is 2090. The highest BCUT2D eigenvalue weighted by atomic mass is 32.1. The van der Waals surface area contributed by atoms with Gasteiger partial charge in [0.1, 0.15) is 21.6 Å². The summed E-state index contributed by atoms with van der Waals surface area (Å²) in [5.74, 6) is 0.782. The fourth-order valence-corrected chi connectivity index (χ4v) is 7.28. The number of hydrazone groups is 1. The van der Waals surface area contributed by atoms with Gasteiger partial charge in [-0.2, -0.15) is 5.10 Å². The Morgan fingerprint density at radius 3 is 2.57 bits per heavy atom. The zero-order valence-electron chi connectivity index (χ0n) is 27.1. The number of amides is 1. The smallest absolute Gasteiger partial charge is 0.283 e. The van der Waals surface area contributed by atoms with Crippen molar-refractivity contribution in [3.05, 3.63) is 93.5 Å². The van der Waals surface area contributed by atoms with Crippen LogP contribution in [0.2, 0.25) is 0 Å². The maximum Gasteiger partial charge on any atom is 0.283 e. The van der Waals surface area contributed by atoms with Gasteiger partial charge in [0.15, 0.2) is 11.5 Å². The van der Waals surface area contributed by atoms with E-state index in [0.717, 1.165) is 22.2 Å². The number of pyridine rings is 1. The molecule has 0 aliphatic carbocycles. The fourth-order valence-electron chi connectivity index (χ4n) is 6.13. The number of carbonyl (C=O) groups excluding carboxylic acids is 1. The Balaban J connectivity index is 1.22. The van der Waals surface area contributed by atoms with Gasteiger partial charge >= 0.3 is 0 Å². The number of nitrogens with one attached hydrogen (secondary N) is 1. The van der Waals surface area contributed by atoms with Crippen molar-refractivity contribution < 1.29 is 37.7 Å². The van der Waals surface area contributed by atoms with Gasteiger partial charge in [0.05, 0.1) is 38.4 Å². The first-order chi connectivity index (χ1) is 23.9. The van der Waals surface area contributed by atoms with Gasteiger partial charge in [0.25, 0.3) is 5.91 Å². The van der Waals surface area contributed by atoms with Crippen molar-refractivity contribution in [1.29, 1.82) is 0 Å². The number of aryl methyl sites for hydroxylation is 1. The lowest BCUT2D eigenvalue weighted by molar-refractivity contribution is 0.0853. The number of rotatable bonds is 11. The number of halogens is 1. The Kier molecular flexibility index (Phi) is 8.89. The summed E-state index contributed by atoms with van der Waals surface area (Å²) in [6.45, 7) is 2.25. The van der Waals surface area contributed by atoms with Crippen LogP contribution in [0.4, 0.5) is 4.39 Å². The molecular formula is C35H32FN5O7S. The first-order valence-corrected chi connectivity index (χ1v) is 16.2. The molecule has 5 aromatic rings. The van der Waals surface area contributed by atoms with Gasteiger partial charge in [-0.15, -0.1) is 11.3 Å². The first kappa shape index (κ1) is 32.1. The van der Waals surface area contributed by atoms with Gasteiger partial charge in [0.2, 0.25) is 18.3 Å². The molecule has 0 spiro atoms. The molecule has 1 amide bonds. The minimum absolute atomic E-state index is 0.0245. The van der Waals surface area contributed by atoms with Crippen LogP contribution in [-0.4, -0.2) is 61.6 Å². The molecule has 0 radical (unpaired) electrons. The van der Waals surface area contributed by atoms with Gasteiger partial charge in [-0.25, -0.2) is 14.8 Å². The quantitative estimate of drug-likeness (QED) is 0.134. The Labute approximate surface area is 284 Å². The van der Waals surface area contributed by atoms with Crippen LogP contribution in [-0.2, 0) is 22.6 Å². The van der Waals surface area contributed by atoms with E-state index in [1.54, 1.807) is 19.2 Å². The first-order valence-electron chi connectivity index (χ1n) is 15.3. The maximum atomic E-state index is 13.8. The summed E-state index contributed by atoms with van der Waals surface area (Å²) >= 11 is 1.28. The summed E-state index contributed by atoms with van der Waals surface area (Å²) in [6, 6.07) is 11.9. The van der Waals surface area contributed by atoms with Crippen molar-refractivity contribution >= 4 is 39.4 Å². The zero-order chi connectivity index (χ0) is 34.1. The minimum Gasteiger partial charge on any atom is -0.492 e. The van der Waals surface area contributed by atoms with E-state index in [1.165, 1.54) is 43.9 Å². The Morgan fingerprint density at radius 2 is 1.86 bits per heavy atom. The summed E-state index contributed by atoms with van der Waals surface area (Å²) in [7, 11) is 4.68. The summed E-state index contributed by atoms with van der Waals surface area (Å²) in [5, 5.41) is 9.50. The lowest BCUT2D eigenvalue weighted by Crippen LogP contribution is -2.19. The molecule has 5 heterocycles. The Morgan fingerprint density at radius 1 is 1.12 bits per heavy atom. The van der Waals surface area contributed by atoms with E-state index < -0.39 is 5.91 Å². The molecule has 252 valence electrons. The topological polar surface area (TPSA) is 127 Å². The summed E-state index contributed by atoms with van der Waals surface area (Å²) in [6.07, 6.45) is 5.65. The standard InChI is InChI=1S/C35H32FN5O7S/c1-19-13-21(17-43-2)27-28(41-11-5-6-12-41)33(49-35(27)38-19)34(42)39-37-16-25-24(29(44-3)31-32(30(25)45-4)47-18-46-31)14-23-15-26(40-48-23)20-7-9-22(36)10-8-20/h5-13,16,23H,14-15,17-18H2,1-4H3,(H,39,42)/b37-16-/t23-/m1/s1. The number of methoxy groups -OCH3 is 3. The third kappa shape index (κ3) is 6.04. The molecule has 2 aromatic carbocycles. The van der Waals surface area contributed by atoms with Gasteiger partial charge in [-0.3, -0.25) is 4.79 Å². The van der Waals surface area contributed by atoms with Crippen molar-refractivity contribution in [2.24, 2.45) is 10.3 Å². The molecule has 0 saturated carbocycles. The molecule has 14 heteroatoms. The molecule has 2 aliphatic rings. The lowest BCUT2D eigenvalue weighted by atomic mass is 9.95. The number of oxime groups is 1. The number of nitrogens with zero attached hydrogens (tertiary/aromatic N) is 4. The molecule has 7 rings (SSSR count). The molecule has 0 saturated heterocycles. The largest absolute Gasteiger partial charge is 0.492 e. The normalized spacial score (nSPS) is 15.1. The minimum atomic E-state index is -0.423. The number of ether oxygens (including phenoxy) is 5. The average Bonchev–Trinajstić information content (AvgIpc) is 3.92. The Hall–Kier alpha value is -5.47. The number of thiophene rings is 1. The number of benzene rings is 2. The van der Waals surface area contributed by atoms with Gasteiger partial charge in [0, 0.05) is 54.6 Å². The van der Waals surface area contributed by atoms with Crippen LogP contribution in [0.5, 0.6) is 23.0 Å². The number of aromatic nitrogens is 2. The molecule has 49 heavy (non-hydrogen) atoms. The second-order valence-corrected chi connectivity index (χ2v) is 12.3. The molecule has 12 nitrogen and oxygen atoms in total. The van der Waals surface area contributed by atoms with Crippen molar-refractivity contribution in [1.82, 2.24) is 15.0 Å². The third-order valence-corrected chi connectivity index (χ3v) is 9.27. The van der Waals surface area contributed by atoms with Crippen LogP contribution in [0.3, 0.4) is 0 Å². The van der Waals surface area contributed by atoms with Crippen LogP contribution >= 0.6 is 11.3 Å². The second-order valence-electron chi connectivity index (χ2n) is 11.3. The predicted molar refractivity (Wildman–Crippen MR) is 181 cm³/mol. The van der Waals surface area contributed by atoms with Crippen molar-refractivity contribution in [3.8, 4) is 28.7 Å². The van der Waals surface area contributed by atoms with Crippen molar-refractivity contribution in [2.45, 2.75) is 32.5 Å². The molecule has 1 N–H and O–H groups in total. The van der Waals surface area contributed by atoms with Crippen molar-refractivity contribution in [3.63, 3.8) is 0 Å². The lowest BCUT2D eigenvalue weighted by Gasteiger charge is -2.19. The van der Waals surface area contributed by atoms with E-state index in [4.69, 9.17) is 33.5 Å². The van der Waals surface area contributed by atoms with Crippen LogP contribution in [0.25, 0.3) is 15.9 Å². The highest BCUT2D eigenvalue weighted by molar-refractivity contribution is 7.21. The molecule has 0 unspecified atom stereocenters.